The molecule has 3 amide bonds. The highest BCUT2D eigenvalue weighted by molar-refractivity contribution is 6.05. The number of nitrogens with one attached hydrogen (secondary N) is 2. The Morgan fingerprint density at radius 2 is 1.98 bits per heavy atom. The number of nitrogens with zero attached hydrogens (tertiary/aromatic N) is 2. The van der Waals surface area contributed by atoms with E-state index in [1.54, 1.807) is 37.4 Å². The van der Waals surface area contributed by atoms with Crippen LogP contribution in [0.2, 0.25) is 0 Å². The van der Waals surface area contributed by atoms with Gasteiger partial charge in [0.1, 0.15) is 24.2 Å². The van der Waals surface area contributed by atoms with E-state index in [2.05, 4.69) is 15.6 Å². The molecule has 4 heterocycles. The molecule has 3 aliphatic rings. The lowest BCUT2D eigenvalue weighted by Gasteiger charge is -2.43. The second-order valence-corrected chi connectivity index (χ2v) is 10.8. The minimum absolute atomic E-state index is 0.0445. The molecule has 2 aromatic heterocycles. The maximum atomic E-state index is 13.4. The first kappa shape index (κ1) is 26.1. The number of piperidine rings is 1. The number of pyridine rings is 1. The van der Waals surface area contributed by atoms with Crippen molar-refractivity contribution in [1.29, 1.82) is 0 Å². The summed E-state index contributed by atoms with van der Waals surface area (Å²) >= 11 is 0. The fourth-order valence-corrected chi connectivity index (χ4v) is 6.39. The average Bonchev–Trinajstić information content (AvgIpc) is 3.47. The molecule has 1 fully saturated rings. The van der Waals surface area contributed by atoms with Crippen LogP contribution in [0, 0.1) is 0 Å². The predicted octanol–water partition coefficient (Wildman–Crippen LogP) is 4.12. The molecule has 0 saturated carbocycles. The van der Waals surface area contributed by atoms with Gasteiger partial charge in [-0.3, -0.25) is 14.4 Å². The van der Waals surface area contributed by atoms with Crippen LogP contribution in [-0.4, -0.2) is 52.4 Å². The van der Waals surface area contributed by atoms with Gasteiger partial charge in [0.15, 0.2) is 5.76 Å². The van der Waals surface area contributed by atoms with E-state index in [0.29, 0.717) is 36.4 Å². The zero-order valence-electron chi connectivity index (χ0n) is 21.6. The Kier molecular flexibility index (Phi) is 6.19. The van der Waals surface area contributed by atoms with Gasteiger partial charge in [0.25, 0.3) is 5.91 Å². The Bertz CT molecular complexity index is 1490. The molecule has 8 nitrogen and oxygen atoms in total. The molecule has 4 atom stereocenters. The van der Waals surface area contributed by atoms with Crippen molar-refractivity contribution in [3.05, 3.63) is 82.9 Å². The molecule has 1 saturated heterocycles. The number of furan rings is 1. The van der Waals surface area contributed by atoms with E-state index in [4.69, 9.17) is 4.42 Å². The minimum Gasteiger partial charge on any atom is -0.456 e. The van der Waals surface area contributed by atoms with Gasteiger partial charge in [-0.1, -0.05) is 36.4 Å². The van der Waals surface area contributed by atoms with Gasteiger partial charge in [-0.25, -0.2) is 4.98 Å². The van der Waals surface area contributed by atoms with Crippen molar-refractivity contribution in [2.24, 2.45) is 0 Å². The van der Waals surface area contributed by atoms with Gasteiger partial charge in [-0.2, -0.15) is 13.2 Å². The normalized spacial score (nSPS) is 25.9. The van der Waals surface area contributed by atoms with Crippen LogP contribution in [0.5, 0.6) is 0 Å². The lowest BCUT2D eigenvalue weighted by Crippen LogP contribution is -2.59. The van der Waals surface area contributed by atoms with Gasteiger partial charge in [0, 0.05) is 30.1 Å². The molecule has 11 heteroatoms. The predicted molar refractivity (Wildman–Crippen MR) is 138 cm³/mol. The van der Waals surface area contributed by atoms with Crippen LogP contribution in [0.4, 0.5) is 19.0 Å². The largest absolute Gasteiger partial charge is 0.456 e. The third kappa shape index (κ3) is 4.43. The van der Waals surface area contributed by atoms with E-state index >= 15 is 0 Å². The zero-order chi connectivity index (χ0) is 28.2. The van der Waals surface area contributed by atoms with Gasteiger partial charge in [0.05, 0.1) is 5.41 Å². The highest BCUT2D eigenvalue weighted by Gasteiger charge is 2.50. The first-order valence-electron chi connectivity index (χ1n) is 13.2. The van der Waals surface area contributed by atoms with Crippen molar-refractivity contribution in [2.75, 3.05) is 11.9 Å². The van der Waals surface area contributed by atoms with Crippen molar-refractivity contribution >= 4 is 23.5 Å². The maximum absolute atomic E-state index is 13.4. The first-order valence-corrected chi connectivity index (χ1v) is 13.2. The molecule has 40 heavy (non-hydrogen) atoms. The van der Waals surface area contributed by atoms with Gasteiger partial charge in [0.2, 0.25) is 11.8 Å². The van der Waals surface area contributed by atoms with Gasteiger partial charge >= 0.3 is 6.18 Å². The molecule has 1 aromatic carbocycles. The number of fused-ring (bicyclic) bond motifs is 3. The number of aromatic nitrogens is 1. The fourth-order valence-electron chi connectivity index (χ4n) is 6.39. The number of hydrogen-bond acceptors (Lipinski definition) is 5. The van der Waals surface area contributed by atoms with Crippen LogP contribution in [0.25, 0.3) is 0 Å². The molecule has 3 aromatic rings. The lowest BCUT2D eigenvalue weighted by atomic mass is 9.70. The number of rotatable bonds is 4. The van der Waals surface area contributed by atoms with E-state index in [-0.39, 0.29) is 18.1 Å². The molecule has 2 aliphatic heterocycles. The summed E-state index contributed by atoms with van der Waals surface area (Å²) in [4.78, 5) is 44.5. The van der Waals surface area contributed by atoms with Gasteiger partial charge in [-0.15, -0.1) is 0 Å². The quantitative estimate of drug-likeness (QED) is 0.507. The molecule has 0 bridgehead atoms. The average molecular weight is 553 g/mol. The summed E-state index contributed by atoms with van der Waals surface area (Å²) < 4.78 is 46.1. The summed E-state index contributed by atoms with van der Waals surface area (Å²) in [5.41, 5.74) is 1.48. The Morgan fingerprint density at radius 3 is 2.73 bits per heavy atom. The molecule has 0 radical (unpaired) electrons. The number of halogens is 3. The summed E-state index contributed by atoms with van der Waals surface area (Å²) in [6.07, 6.45) is -1.62. The third-order valence-corrected chi connectivity index (χ3v) is 8.41. The van der Waals surface area contributed by atoms with Crippen LogP contribution in [0.3, 0.4) is 0 Å². The zero-order valence-corrected chi connectivity index (χ0v) is 21.6. The van der Waals surface area contributed by atoms with Crippen molar-refractivity contribution in [2.45, 2.75) is 62.2 Å². The summed E-state index contributed by atoms with van der Waals surface area (Å²) in [5, 5.41) is 5.47. The number of carbonyl (C=O) groups is 3. The Balaban J connectivity index is 1.24. The summed E-state index contributed by atoms with van der Waals surface area (Å²) in [5.74, 6) is -0.981. The molecule has 0 unspecified atom stereocenters. The Labute approximate surface area is 227 Å². The topological polar surface area (TPSA) is 105 Å². The van der Waals surface area contributed by atoms with E-state index in [9.17, 15) is 27.6 Å². The standard InChI is InChI=1S/C29H27F3N4O4/c1-16-19(17-6-3-2-4-7-17)13-21(26(38)36(16)15-29(30,31)32)34-25(37)23-12-18-14-28(10-9-22(18)40-23)20-8-5-11-33-24(20)35-27(28)39/h2-8,11-12,16,19,21H,9-10,13-15H2,1H3,(H,34,37)(H,33,35,39)/t16-,19-,21+,28-/m1/s1. The molecular weight excluding hydrogens is 525 g/mol. The van der Waals surface area contributed by atoms with Crippen LogP contribution in [0.1, 0.15) is 58.7 Å². The summed E-state index contributed by atoms with van der Waals surface area (Å²) in [7, 11) is 0. The highest BCUT2D eigenvalue weighted by atomic mass is 19.4. The number of likely N-dealkylation sites (tertiary alicyclic amines) is 1. The Hall–Kier alpha value is -4.15. The van der Waals surface area contributed by atoms with Crippen LogP contribution < -0.4 is 10.6 Å². The second-order valence-electron chi connectivity index (χ2n) is 10.8. The number of benzene rings is 1. The van der Waals surface area contributed by atoms with Crippen molar-refractivity contribution in [1.82, 2.24) is 15.2 Å². The second kappa shape index (κ2) is 9.50. The molecule has 208 valence electrons. The SMILES string of the molecule is C[C@@H]1[C@H](c2ccccc2)C[C@H](NC(=O)c2cc3c(o2)CC[C@]2(C3)C(=O)Nc3ncccc32)C(=O)N1CC(F)(F)F. The Morgan fingerprint density at radius 1 is 1.20 bits per heavy atom. The van der Waals surface area contributed by atoms with Crippen molar-refractivity contribution in [3.8, 4) is 0 Å². The minimum atomic E-state index is -4.59. The number of aryl methyl sites for hydroxylation is 1. The fraction of sp³-hybridized carbons (Fsp3) is 0.379. The number of amides is 3. The third-order valence-electron chi connectivity index (χ3n) is 8.41. The van der Waals surface area contributed by atoms with Crippen LogP contribution in [0.15, 0.2) is 59.1 Å². The van der Waals surface area contributed by atoms with Gasteiger partial charge < -0.3 is 20.0 Å². The van der Waals surface area contributed by atoms with Crippen LogP contribution in [-0.2, 0) is 27.8 Å². The molecule has 2 N–H and O–H groups in total. The van der Waals surface area contributed by atoms with Crippen LogP contribution >= 0.6 is 0 Å². The highest BCUT2D eigenvalue weighted by Crippen LogP contribution is 2.46. The number of carbonyl (C=O) groups excluding carboxylic acids is 3. The molecule has 6 rings (SSSR count). The van der Waals surface area contributed by atoms with E-state index in [1.807, 2.05) is 24.3 Å². The maximum Gasteiger partial charge on any atom is 0.406 e. The summed E-state index contributed by atoms with van der Waals surface area (Å²) in [6, 6.07) is 12.3. The molecule has 1 aliphatic carbocycles. The monoisotopic (exact) mass is 552 g/mol. The van der Waals surface area contributed by atoms with Crippen molar-refractivity contribution in [3.63, 3.8) is 0 Å². The number of anilines is 1. The molecule has 1 spiro atoms. The van der Waals surface area contributed by atoms with Gasteiger partial charge in [-0.05, 0) is 49.4 Å². The number of hydrogen-bond donors (Lipinski definition) is 2. The van der Waals surface area contributed by atoms with E-state index in [0.717, 1.165) is 16.0 Å². The van der Waals surface area contributed by atoms with E-state index in [1.165, 1.54) is 0 Å². The first-order chi connectivity index (χ1) is 19.1. The summed E-state index contributed by atoms with van der Waals surface area (Å²) in [6.45, 7) is 0.195. The van der Waals surface area contributed by atoms with E-state index < -0.39 is 48.0 Å². The molecular formula is C29H27F3N4O4. The van der Waals surface area contributed by atoms with Crippen molar-refractivity contribution < 1.29 is 32.0 Å². The smallest absolute Gasteiger partial charge is 0.406 e. The number of alkyl halides is 3. The lowest BCUT2D eigenvalue weighted by molar-refractivity contribution is -0.170.